The lowest BCUT2D eigenvalue weighted by atomic mass is 10.5. The molecule has 8 heteroatoms. The summed E-state index contributed by atoms with van der Waals surface area (Å²) in [5, 5.41) is 15.7. The van der Waals surface area contributed by atoms with E-state index in [1.54, 1.807) is 12.3 Å². The van der Waals surface area contributed by atoms with E-state index in [-0.39, 0.29) is 11.8 Å². The number of hydrazine groups is 1. The van der Waals surface area contributed by atoms with E-state index in [1.807, 2.05) is 0 Å². The molecule has 0 rings (SSSR count). The molecule has 0 saturated carbocycles. The van der Waals surface area contributed by atoms with Gasteiger partial charge >= 0.3 is 0 Å². The van der Waals surface area contributed by atoms with Gasteiger partial charge in [-0.1, -0.05) is 5.43 Å². The average molecular weight is 194 g/mol. The van der Waals surface area contributed by atoms with E-state index in [0.717, 1.165) is 0 Å². The molecule has 0 bridgehead atoms. The summed E-state index contributed by atoms with van der Waals surface area (Å²) in [7, 11) is 0. The second-order valence-electron chi connectivity index (χ2n) is 1.82. The number of halogens is 1. The van der Waals surface area contributed by atoms with Crippen molar-refractivity contribution in [3.63, 3.8) is 0 Å². The molecule has 7 nitrogen and oxygen atoms in total. The normalized spacial score (nSPS) is 12.8. The Hall–Kier alpha value is -1.37. The number of hydrogen-bond donors (Lipinski definition) is 2. The molecule has 0 aliphatic carbocycles. The fraction of sp³-hybridized carbons (Fsp3) is 0.500. The predicted octanol–water partition coefficient (Wildman–Crippen LogP) is -0.303. The summed E-state index contributed by atoms with van der Waals surface area (Å²) in [5.41, 5.74) is 7.16. The molecule has 0 aliphatic heterocycles. The molecule has 3 N–H and O–H groups in total. The second kappa shape index (κ2) is 5.30. The third-order valence-electron chi connectivity index (χ3n) is 0.728. The Balaban J connectivity index is 4.08. The molecular weight excluding hydrogens is 186 g/mol. The lowest BCUT2D eigenvalue weighted by Gasteiger charge is -1.92. The number of nitrogens with two attached hydrogens (primary N) is 1. The fourth-order valence-corrected chi connectivity index (χ4v) is 0.335. The first-order valence-electron chi connectivity index (χ1n) is 2.90. The van der Waals surface area contributed by atoms with E-state index in [4.69, 9.17) is 17.3 Å². The number of nitro groups is 1. The van der Waals surface area contributed by atoms with Crippen molar-refractivity contribution in [1.29, 1.82) is 0 Å². The molecule has 0 aromatic heterocycles. The van der Waals surface area contributed by atoms with Crippen LogP contribution in [0.15, 0.2) is 10.2 Å². The van der Waals surface area contributed by atoms with Crippen LogP contribution in [0.5, 0.6) is 0 Å². The van der Waals surface area contributed by atoms with Crippen LogP contribution < -0.4 is 11.2 Å². The lowest BCUT2D eigenvalue weighted by Crippen LogP contribution is -2.35. The monoisotopic (exact) mass is 193 g/mol. The highest BCUT2D eigenvalue weighted by Gasteiger charge is 1.97. The molecular formula is C4H8ClN5O2. The lowest BCUT2D eigenvalue weighted by molar-refractivity contribution is -0.525. The zero-order valence-corrected chi connectivity index (χ0v) is 7.08. The predicted molar refractivity (Wildman–Crippen MR) is 45.6 cm³/mol. The highest BCUT2D eigenvalue weighted by atomic mass is 35.5. The van der Waals surface area contributed by atoms with Crippen molar-refractivity contribution in [2.24, 2.45) is 15.9 Å². The zero-order chi connectivity index (χ0) is 9.56. The summed E-state index contributed by atoms with van der Waals surface area (Å²) in [6.45, 7) is 1.62. The maximum Gasteiger partial charge on any atom is 0.275 e. The molecule has 68 valence electrons. The number of guanidine groups is 1. The van der Waals surface area contributed by atoms with Crippen molar-refractivity contribution < 1.29 is 5.03 Å². The van der Waals surface area contributed by atoms with E-state index >= 15 is 0 Å². The van der Waals surface area contributed by atoms with Gasteiger partial charge in [-0.15, -0.1) is 16.7 Å². The molecule has 0 fully saturated rings. The smallest absolute Gasteiger partial charge is 0.275 e. The van der Waals surface area contributed by atoms with E-state index in [9.17, 15) is 10.1 Å². The summed E-state index contributed by atoms with van der Waals surface area (Å²) in [5.74, 6) is -0.181. The van der Waals surface area contributed by atoms with Crippen molar-refractivity contribution in [3.05, 3.63) is 10.1 Å². The number of alkyl halides is 1. The van der Waals surface area contributed by atoms with Gasteiger partial charge in [0.15, 0.2) is 5.03 Å². The third-order valence-corrected chi connectivity index (χ3v) is 1.11. The summed E-state index contributed by atoms with van der Waals surface area (Å²) >= 11 is 5.35. The van der Waals surface area contributed by atoms with Crippen LogP contribution in [0.3, 0.4) is 0 Å². The van der Waals surface area contributed by atoms with Crippen molar-refractivity contribution in [2.75, 3.05) is 5.88 Å². The minimum atomic E-state index is -0.829. The summed E-state index contributed by atoms with van der Waals surface area (Å²) in [4.78, 5) is 9.78. The summed E-state index contributed by atoms with van der Waals surface area (Å²) < 4.78 is 0. The topological polar surface area (TPSA) is 106 Å². The van der Waals surface area contributed by atoms with Crippen LogP contribution in [-0.4, -0.2) is 22.6 Å². The quantitative estimate of drug-likeness (QED) is 0.211. The molecule has 0 aromatic rings. The van der Waals surface area contributed by atoms with Gasteiger partial charge in [-0.05, 0) is 6.92 Å². The first-order chi connectivity index (χ1) is 5.56. The van der Waals surface area contributed by atoms with Crippen LogP contribution in [0.25, 0.3) is 0 Å². The Bertz CT molecular complexity index is 225. The van der Waals surface area contributed by atoms with E-state index in [1.165, 1.54) is 0 Å². The minimum Gasteiger partial charge on any atom is -0.364 e. The van der Waals surface area contributed by atoms with Crippen molar-refractivity contribution in [1.82, 2.24) is 5.43 Å². The highest BCUT2D eigenvalue weighted by molar-refractivity contribution is 6.28. The fourth-order valence-electron chi connectivity index (χ4n) is 0.282. The van der Waals surface area contributed by atoms with Gasteiger partial charge < -0.3 is 5.73 Å². The van der Waals surface area contributed by atoms with Crippen molar-refractivity contribution in [3.8, 4) is 0 Å². The SMILES string of the molecule is C/C(CCl)=N\N=C(/N)N[N+](=O)[O-]. The van der Waals surface area contributed by atoms with Crippen LogP contribution >= 0.6 is 11.6 Å². The summed E-state index contributed by atoms with van der Waals surface area (Å²) in [6, 6.07) is 0. The maximum absolute atomic E-state index is 9.78. The molecule has 0 saturated heterocycles. The second-order valence-corrected chi connectivity index (χ2v) is 2.09. The van der Waals surface area contributed by atoms with E-state index < -0.39 is 5.03 Å². The maximum atomic E-state index is 9.78. The van der Waals surface area contributed by atoms with Crippen molar-refractivity contribution in [2.45, 2.75) is 6.92 Å². The molecule has 0 spiro atoms. The minimum absolute atomic E-state index is 0.204. The molecule has 0 amide bonds. The Labute approximate surface area is 73.4 Å². The Morgan fingerprint density at radius 2 is 2.33 bits per heavy atom. The number of nitrogens with zero attached hydrogens (tertiary/aromatic N) is 3. The van der Waals surface area contributed by atoms with Gasteiger partial charge in [-0.3, -0.25) is 0 Å². The molecule has 0 atom stereocenters. The van der Waals surface area contributed by atoms with Gasteiger partial charge in [0, 0.05) is 0 Å². The van der Waals surface area contributed by atoms with Crippen LogP contribution in [0.2, 0.25) is 0 Å². The molecule has 0 aliphatic rings. The Morgan fingerprint density at radius 1 is 1.75 bits per heavy atom. The molecule has 0 heterocycles. The Morgan fingerprint density at radius 3 is 2.75 bits per heavy atom. The zero-order valence-electron chi connectivity index (χ0n) is 6.32. The van der Waals surface area contributed by atoms with E-state index in [0.29, 0.717) is 5.71 Å². The first kappa shape index (κ1) is 10.6. The van der Waals surface area contributed by atoms with Gasteiger partial charge in [0.05, 0.1) is 11.6 Å². The molecule has 0 aromatic carbocycles. The Kier molecular flexibility index (Phi) is 4.70. The van der Waals surface area contributed by atoms with Gasteiger partial charge in [0.1, 0.15) is 0 Å². The highest BCUT2D eigenvalue weighted by Crippen LogP contribution is 1.82. The summed E-state index contributed by atoms with van der Waals surface area (Å²) in [6.07, 6.45) is 0. The van der Waals surface area contributed by atoms with Crippen LogP contribution in [-0.2, 0) is 0 Å². The van der Waals surface area contributed by atoms with Gasteiger partial charge in [0.2, 0.25) is 0 Å². The average Bonchev–Trinajstić information content (AvgIpc) is 1.99. The van der Waals surface area contributed by atoms with Gasteiger partial charge in [-0.2, -0.15) is 5.10 Å². The van der Waals surface area contributed by atoms with Crippen LogP contribution in [0.1, 0.15) is 6.92 Å². The van der Waals surface area contributed by atoms with Gasteiger partial charge in [0.25, 0.3) is 5.96 Å². The first-order valence-corrected chi connectivity index (χ1v) is 3.43. The molecule has 0 radical (unpaired) electrons. The number of rotatable bonds is 3. The molecule has 0 unspecified atom stereocenters. The molecule has 12 heavy (non-hydrogen) atoms. The number of hydrogen-bond acceptors (Lipinski definition) is 4. The third kappa shape index (κ3) is 5.42. The van der Waals surface area contributed by atoms with E-state index in [2.05, 4.69) is 10.2 Å². The number of nitrogens with one attached hydrogen (secondary N) is 1. The van der Waals surface area contributed by atoms with Gasteiger partial charge in [-0.25, -0.2) is 10.1 Å². The van der Waals surface area contributed by atoms with Crippen LogP contribution in [0.4, 0.5) is 0 Å². The van der Waals surface area contributed by atoms with Crippen LogP contribution in [0, 0.1) is 10.1 Å². The standard InChI is InChI=1S/C4H8ClN5O2/c1-3(2-5)7-8-4(6)9-10(11)12/h2H2,1H3,(H3,6,8,9)/b7-3+. The largest absolute Gasteiger partial charge is 0.364 e. The van der Waals surface area contributed by atoms with Crippen molar-refractivity contribution >= 4 is 23.3 Å².